The molecule has 2 N–H and O–H groups in total. The largest absolute Gasteiger partial charge is 0.365 e. The molecule has 3 nitrogen and oxygen atoms in total. The van der Waals surface area contributed by atoms with Crippen molar-refractivity contribution >= 4 is 5.69 Å². The van der Waals surface area contributed by atoms with Gasteiger partial charge in [-0.25, -0.2) is 0 Å². The minimum absolute atomic E-state index is 0.459. The molecule has 1 saturated heterocycles. The molecule has 106 valence electrons. The van der Waals surface area contributed by atoms with Crippen LogP contribution in [0.2, 0.25) is 0 Å². The van der Waals surface area contributed by atoms with Gasteiger partial charge in [-0.05, 0) is 38.4 Å². The van der Waals surface area contributed by atoms with Crippen molar-refractivity contribution in [3.8, 4) is 0 Å². The van der Waals surface area contributed by atoms with Crippen molar-refractivity contribution < 1.29 is 0 Å². The van der Waals surface area contributed by atoms with E-state index in [0.29, 0.717) is 12.1 Å². The maximum absolute atomic E-state index is 5.92. The van der Waals surface area contributed by atoms with Crippen LogP contribution in [0.4, 0.5) is 5.69 Å². The smallest absolute Gasteiger partial charge is 0.0431 e. The molecule has 19 heavy (non-hydrogen) atoms. The number of nitrogens with zero attached hydrogens (tertiary/aromatic N) is 2. The van der Waals surface area contributed by atoms with Crippen molar-refractivity contribution in [2.24, 2.45) is 5.73 Å². The number of benzene rings is 1. The summed E-state index contributed by atoms with van der Waals surface area (Å²) in [5.41, 5.74) is 10.2. The molecule has 0 amide bonds. The second-order valence-corrected chi connectivity index (χ2v) is 5.77. The van der Waals surface area contributed by atoms with Gasteiger partial charge in [-0.1, -0.05) is 25.1 Å². The predicted molar refractivity (Wildman–Crippen MR) is 82.8 cm³/mol. The SMILES string of the molecule is CCc1cccc(C)c1N1CC(CN)N(C)CC1C. The van der Waals surface area contributed by atoms with E-state index < -0.39 is 0 Å². The molecule has 0 bridgehead atoms. The van der Waals surface area contributed by atoms with Crippen molar-refractivity contribution in [3.63, 3.8) is 0 Å². The summed E-state index contributed by atoms with van der Waals surface area (Å²) in [6, 6.07) is 7.64. The third-order valence-corrected chi connectivity index (χ3v) is 4.38. The molecule has 0 radical (unpaired) electrons. The molecule has 1 aromatic rings. The van der Waals surface area contributed by atoms with Crippen LogP contribution in [0.3, 0.4) is 0 Å². The molecule has 1 aliphatic rings. The first kappa shape index (κ1) is 14.4. The second-order valence-electron chi connectivity index (χ2n) is 5.77. The molecule has 1 aliphatic heterocycles. The topological polar surface area (TPSA) is 32.5 Å². The van der Waals surface area contributed by atoms with E-state index in [0.717, 1.165) is 26.1 Å². The Morgan fingerprint density at radius 3 is 2.68 bits per heavy atom. The van der Waals surface area contributed by atoms with Crippen LogP contribution < -0.4 is 10.6 Å². The number of rotatable bonds is 3. The van der Waals surface area contributed by atoms with Crippen LogP contribution in [0, 0.1) is 6.92 Å². The maximum Gasteiger partial charge on any atom is 0.0431 e. The molecule has 0 saturated carbocycles. The first-order valence-electron chi connectivity index (χ1n) is 7.33. The number of nitrogens with two attached hydrogens (primary N) is 1. The Labute approximate surface area is 117 Å². The van der Waals surface area contributed by atoms with Gasteiger partial charge in [0, 0.05) is 37.4 Å². The number of anilines is 1. The monoisotopic (exact) mass is 261 g/mol. The van der Waals surface area contributed by atoms with E-state index in [1.54, 1.807) is 0 Å². The number of piperazine rings is 1. The predicted octanol–water partition coefficient (Wildman–Crippen LogP) is 2.03. The number of aryl methyl sites for hydroxylation is 2. The third-order valence-electron chi connectivity index (χ3n) is 4.38. The summed E-state index contributed by atoms with van der Waals surface area (Å²) in [6.45, 7) is 9.62. The van der Waals surface area contributed by atoms with E-state index in [4.69, 9.17) is 5.73 Å². The zero-order valence-electron chi connectivity index (χ0n) is 12.7. The van der Waals surface area contributed by atoms with Crippen molar-refractivity contribution in [3.05, 3.63) is 29.3 Å². The van der Waals surface area contributed by atoms with Crippen molar-refractivity contribution in [2.45, 2.75) is 39.3 Å². The Balaban J connectivity index is 2.35. The molecule has 2 unspecified atom stereocenters. The highest BCUT2D eigenvalue weighted by atomic mass is 15.3. The summed E-state index contributed by atoms with van der Waals surface area (Å²) in [6.07, 6.45) is 1.09. The Hall–Kier alpha value is -1.06. The average molecular weight is 261 g/mol. The summed E-state index contributed by atoms with van der Waals surface area (Å²) < 4.78 is 0. The van der Waals surface area contributed by atoms with E-state index in [1.165, 1.54) is 16.8 Å². The molecule has 1 aromatic carbocycles. The normalized spacial score (nSPS) is 24.8. The van der Waals surface area contributed by atoms with E-state index >= 15 is 0 Å². The lowest BCUT2D eigenvalue weighted by molar-refractivity contribution is 0.197. The number of para-hydroxylation sites is 1. The van der Waals surface area contributed by atoms with Crippen molar-refractivity contribution in [1.29, 1.82) is 0 Å². The first-order valence-corrected chi connectivity index (χ1v) is 7.33. The van der Waals surface area contributed by atoms with E-state index in [1.807, 2.05) is 0 Å². The van der Waals surface area contributed by atoms with Crippen LogP contribution >= 0.6 is 0 Å². The van der Waals surface area contributed by atoms with Gasteiger partial charge in [-0.15, -0.1) is 0 Å². The Morgan fingerprint density at radius 2 is 2.05 bits per heavy atom. The molecule has 1 heterocycles. The maximum atomic E-state index is 5.92. The fourth-order valence-electron chi connectivity index (χ4n) is 3.19. The summed E-state index contributed by atoms with van der Waals surface area (Å²) in [5, 5.41) is 0. The zero-order valence-corrected chi connectivity index (χ0v) is 12.7. The van der Waals surface area contributed by atoms with Gasteiger partial charge in [-0.3, -0.25) is 4.90 Å². The van der Waals surface area contributed by atoms with E-state index in [2.05, 4.69) is 55.8 Å². The van der Waals surface area contributed by atoms with Gasteiger partial charge >= 0.3 is 0 Å². The van der Waals surface area contributed by atoms with Crippen LogP contribution in [-0.2, 0) is 6.42 Å². The Morgan fingerprint density at radius 1 is 1.32 bits per heavy atom. The first-order chi connectivity index (χ1) is 9.08. The lowest BCUT2D eigenvalue weighted by Gasteiger charge is -2.45. The lowest BCUT2D eigenvalue weighted by atomic mass is 10.00. The van der Waals surface area contributed by atoms with Crippen LogP contribution in [-0.4, -0.2) is 43.7 Å². The van der Waals surface area contributed by atoms with Gasteiger partial charge in [0.15, 0.2) is 0 Å². The van der Waals surface area contributed by atoms with Gasteiger partial charge in [0.25, 0.3) is 0 Å². The summed E-state index contributed by atoms with van der Waals surface area (Å²) in [4.78, 5) is 4.96. The van der Waals surface area contributed by atoms with Crippen LogP contribution in [0.1, 0.15) is 25.0 Å². The quantitative estimate of drug-likeness (QED) is 0.903. The molecule has 1 fully saturated rings. The van der Waals surface area contributed by atoms with Gasteiger partial charge < -0.3 is 10.6 Å². The molecular weight excluding hydrogens is 234 g/mol. The third kappa shape index (κ3) is 2.77. The molecule has 3 heteroatoms. The summed E-state index contributed by atoms with van der Waals surface area (Å²) in [7, 11) is 2.18. The highest BCUT2D eigenvalue weighted by Crippen LogP contribution is 2.30. The molecule has 2 atom stereocenters. The van der Waals surface area contributed by atoms with Crippen molar-refractivity contribution in [1.82, 2.24) is 4.90 Å². The van der Waals surface area contributed by atoms with Crippen LogP contribution in [0.25, 0.3) is 0 Å². The summed E-state index contributed by atoms with van der Waals surface area (Å²) >= 11 is 0. The summed E-state index contributed by atoms with van der Waals surface area (Å²) in [5.74, 6) is 0. The standard InChI is InChI=1S/C16H27N3/c1-5-14-8-6-7-12(2)16(14)19-11-15(9-17)18(4)10-13(19)3/h6-8,13,15H,5,9-11,17H2,1-4H3. The minimum atomic E-state index is 0.459. The van der Waals surface area contributed by atoms with Crippen LogP contribution in [0.15, 0.2) is 18.2 Å². The van der Waals surface area contributed by atoms with E-state index in [9.17, 15) is 0 Å². The fourth-order valence-corrected chi connectivity index (χ4v) is 3.19. The van der Waals surface area contributed by atoms with Gasteiger partial charge in [0.1, 0.15) is 0 Å². The average Bonchev–Trinajstić information content (AvgIpc) is 2.39. The number of likely N-dealkylation sites (N-methyl/N-ethyl adjacent to an activating group) is 1. The Bertz CT molecular complexity index is 430. The second kappa shape index (κ2) is 5.93. The Kier molecular flexibility index (Phi) is 4.48. The van der Waals surface area contributed by atoms with Gasteiger partial charge in [0.05, 0.1) is 0 Å². The number of hydrogen-bond donors (Lipinski definition) is 1. The highest BCUT2D eigenvalue weighted by Gasteiger charge is 2.30. The van der Waals surface area contributed by atoms with E-state index in [-0.39, 0.29) is 0 Å². The molecule has 0 aromatic heterocycles. The van der Waals surface area contributed by atoms with Gasteiger partial charge in [0.2, 0.25) is 0 Å². The molecule has 2 rings (SSSR count). The highest BCUT2D eigenvalue weighted by molar-refractivity contribution is 5.60. The lowest BCUT2D eigenvalue weighted by Crippen LogP contribution is -2.58. The minimum Gasteiger partial charge on any atom is -0.365 e. The fraction of sp³-hybridized carbons (Fsp3) is 0.625. The number of hydrogen-bond acceptors (Lipinski definition) is 3. The molecular formula is C16H27N3. The van der Waals surface area contributed by atoms with Crippen molar-refractivity contribution in [2.75, 3.05) is 31.6 Å². The van der Waals surface area contributed by atoms with Gasteiger partial charge in [-0.2, -0.15) is 0 Å². The van der Waals surface area contributed by atoms with Crippen LogP contribution in [0.5, 0.6) is 0 Å². The molecule has 0 spiro atoms. The molecule has 0 aliphatic carbocycles. The zero-order chi connectivity index (χ0) is 14.0.